The minimum atomic E-state index is 0.0134. The first-order valence-electron chi connectivity index (χ1n) is 4.73. The standard InChI is InChI=1S/C11H12O2/c1-2-4-9(5-3-1)11-6-7-12-8-10(11)13-11/h1-5,10H,6-8H2/t10-,11+/m0/s1. The van der Waals surface area contributed by atoms with Gasteiger partial charge in [-0.25, -0.2) is 0 Å². The van der Waals surface area contributed by atoms with Crippen molar-refractivity contribution in [2.75, 3.05) is 13.2 Å². The SMILES string of the molecule is c1ccc([C@]23CCOC[C@@H]2O3)cc1. The molecule has 13 heavy (non-hydrogen) atoms. The van der Waals surface area contributed by atoms with Crippen LogP contribution < -0.4 is 0 Å². The maximum Gasteiger partial charge on any atom is 0.124 e. The van der Waals surface area contributed by atoms with Crippen molar-refractivity contribution in [2.24, 2.45) is 0 Å². The van der Waals surface area contributed by atoms with Crippen molar-refractivity contribution in [3.05, 3.63) is 35.9 Å². The van der Waals surface area contributed by atoms with Crippen LogP contribution in [0.15, 0.2) is 30.3 Å². The molecule has 0 N–H and O–H groups in total. The molecule has 2 atom stereocenters. The molecule has 2 nitrogen and oxygen atoms in total. The number of ether oxygens (including phenoxy) is 2. The highest BCUT2D eigenvalue weighted by atomic mass is 16.6. The van der Waals surface area contributed by atoms with E-state index >= 15 is 0 Å². The van der Waals surface area contributed by atoms with E-state index in [1.54, 1.807) is 0 Å². The van der Waals surface area contributed by atoms with Gasteiger partial charge in [0.1, 0.15) is 11.7 Å². The van der Waals surface area contributed by atoms with E-state index in [1.165, 1.54) is 5.56 Å². The van der Waals surface area contributed by atoms with Crippen molar-refractivity contribution in [1.29, 1.82) is 0 Å². The van der Waals surface area contributed by atoms with Gasteiger partial charge in [-0.15, -0.1) is 0 Å². The molecule has 0 radical (unpaired) electrons. The van der Waals surface area contributed by atoms with Gasteiger partial charge >= 0.3 is 0 Å². The molecule has 0 bridgehead atoms. The van der Waals surface area contributed by atoms with Gasteiger partial charge < -0.3 is 9.47 Å². The molecular formula is C11H12O2. The second kappa shape index (κ2) is 2.56. The van der Waals surface area contributed by atoms with Gasteiger partial charge in [0.05, 0.1) is 6.61 Å². The Balaban J connectivity index is 1.94. The summed E-state index contributed by atoms with van der Waals surface area (Å²) in [5.41, 5.74) is 1.32. The topological polar surface area (TPSA) is 21.8 Å². The Morgan fingerprint density at radius 3 is 2.85 bits per heavy atom. The molecule has 2 aliphatic rings. The lowest BCUT2D eigenvalue weighted by Gasteiger charge is -2.17. The van der Waals surface area contributed by atoms with Gasteiger partial charge in [0.15, 0.2) is 0 Å². The predicted octanol–water partition coefficient (Wildman–Crippen LogP) is 1.70. The molecule has 0 spiro atoms. The van der Waals surface area contributed by atoms with Gasteiger partial charge in [0.25, 0.3) is 0 Å². The predicted molar refractivity (Wildman–Crippen MR) is 48.4 cm³/mol. The Labute approximate surface area is 77.5 Å². The van der Waals surface area contributed by atoms with Crippen molar-refractivity contribution < 1.29 is 9.47 Å². The highest BCUT2D eigenvalue weighted by Crippen LogP contribution is 2.51. The van der Waals surface area contributed by atoms with Crippen LogP contribution in [0.3, 0.4) is 0 Å². The van der Waals surface area contributed by atoms with Crippen molar-refractivity contribution >= 4 is 0 Å². The third-order valence-electron chi connectivity index (χ3n) is 2.96. The van der Waals surface area contributed by atoms with Gasteiger partial charge in [-0.1, -0.05) is 30.3 Å². The monoisotopic (exact) mass is 176 g/mol. The van der Waals surface area contributed by atoms with E-state index in [2.05, 4.69) is 24.3 Å². The van der Waals surface area contributed by atoms with Crippen LogP contribution >= 0.6 is 0 Å². The summed E-state index contributed by atoms with van der Waals surface area (Å²) in [4.78, 5) is 0. The van der Waals surface area contributed by atoms with Crippen molar-refractivity contribution in [3.63, 3.8) is 0 Å². The summed E-state index contributed by atoms with van der Waals surface area (Å²) in [6.07, 6.45) is 1.31. The fourth-order valence-corrected chi connectivity index (χ4v) is 2.14. The second-order valence-corrected chi connectivity index (χ2v) is 3.69. The summed E-state index contributed by atoms with van der Waals surface area (Å²) < 4.78 is 11.1. The van der Waals surface area contributed by atoms with E-state index in [0.29, 0.717) is 6.10 Å². The van der Waals surface area contributed by atoms with Crippen molar-refractivity contribution in [2.45, 2.75) is 18.1 Å². The Morgan fingerprint density at radius 2 is 2.08 bits per heavy atom. The molecule has 2 heteroatoms. The second-order valence-electron chi connectivity index (χ2n) is 3.69. The molecule has 2 aliphatic heterocycles. The highest BCUT2D eigenvalue weighted by molar-refractivity contribution is 5.29. The lowest BCUT2D eigenvalue weighted by molar-refractivity contribution is 0.0975. The number of hydrogen-bond donors (Lipinski definition) is 0. The van der Waals surface area contributed by atoms with E-state index in [-0.39, 0.29) is 5.60 Å². The quantitative estimate of drug-likeness (QED) is 0.607. The molecule has 0 unspecified atom stereocenters. The fraction of sp³-hybridized carbons (Fsp3) is 0.455. The number of fused-ring (bicyclic) bond motifs is 1. The average Bonchev–Trinajstić information content (AvgIpc) is 2.94. The fourth-order valence-electron chi connectivity index (χ4n) is 2.14. The normalized spacial score (nSPS) is 36.8. The molecular weight excluding hydrogens is 164 g/mol. The molecule has 2 heterocycles. The molecule has 2 fully saturated rings. The van der Waals surface area contributed by atoms with Crippen LogP contribution in [0.25, 0.3) is 0 Å². The largest absolute Gasteiger partial charge is 0.378 e. The van der Waals surface area contributed by atoms with E-state index in [9.17, 15) is 0 Å². The lowest BCUT2D eigenvalue weighted by Crippen LogP contribution is -2.24. The molecule has 1 aromatic rings. The summed E-state index contributed by atoms with van der Waals surface area (Å²) >= 11 is 0. The van der Waals surface area contributed by atoms with Gasteiger partial charge in [-0.05, 0) is 5.56 Å². The lowest BCUT2D eigenvalue weighted by atomic mass is 9.91. The van der Waals surface area contributed by atoms with E-state index < -0.39 is 0 Å². The van der Waals surface area contributed by atoms with Crippen molar-refractivity contribution in [1.82, 2.24) is 0 Å². The Bertz CT molecular complexity index is 309. The molecule has 3 rings (SSSR count). The summed E-state index contributed by atoms with van der Waals surface area (Å²) in [7, 11) is 0. The van der Waals surface area contributed by atoms with Crippen LogP contribution in [0.4, 0.5) is 0 Å². The van der Waals surface area contributed by atoms with E-state index in [4.69, 9.17) is 9.47 Å². The zero-order chi connectivity index (χ0) is 8.73. The van der Waals surface area contributed by atoms with Crippen LogP contribution in [-0.4, -0.2) is 19.3 Å². The molecule has 68 valence electrons. The molecule has 0 amide bonds. The summed E-state index contributed by atoms with van der Waals surface area (Å²) in [6.45, 7) is 1.58. The Hall–Kier alpha value is -0.860. The molecule has 2 saturated heterocycles. The van der Waals surface area contributed by atoms with Crippen LogP contribution in [0.2, 0.25) is 0 Å². The van der Waals surface area contributed by atoms with E-state index in [0.717, 1.165) is 19.6 Å². The van der Waals surface area contributed by atoms with Gasteiger partial charge in [0.2, 0.25) is 0 Å². The molecule has 1 aromatic carbocycles. The van der Waals surface area contributed by atoms with Crippen LogP contribution in [0.1, 0.15) is 12.0 Å². The third-order valence-corrected chi connectivity index (χ3v) is 2.96. The Morgan fingerprint density at radius 1 is 1.23 bits per heavy atom. The maximum atomic E-state index is 5.73. The number of rotatable bonds is 1. The van der Waals surface area contributed by atoms with Crippen LogP contribution in [-0.2, 0) is 15.1 Å². The van der Waals surface area contributed by atoms with Gasteiger partial charge in [0, 0.05) is 13.0 Å². The van der Waals surface area contributed by atoms with Crippen LogP contribution in [0.5, 0.6) is 0 Å². The summed E-state index contributed by atoms with van der Waals surface area (Å²) in [6, 6.07) is 10.5. The number of benzene rings is 1. The first kappa shape index (κ1) is 7.54. The zero-order valence-electron chi connectivity index (χ0n) is 7.40. The summed E-state index contributed by atoms with van der Waals surface area (Å²) in [5, 5.41) is 0. The molecule has 0 aliphatic carbocycles. The number of hydrogen-bond acceptors (Lipinski definition) is 2. The molecule has 0 aromatic heterocycles. The minimum absolute atomic E-state index is 0.0134. The smallest absolute Gasteiger partial charge is 0.124 e. The first-order chi connectivity index (χ1) is 6.42. The third kappa shape index (κ3) is 1.02. The minimum Gasteiger partial charge on any atom is -0.378 e. The average molecular weight is 176 g/mol. The number of epoxide rings is 1. The van der Waals surface area contributed by atoms with Gasteiger partial charge in [-0.2, -0.15) is 0 Å². The Kier molecular flexibility index (Phi) is 1.49. The van der Waals surface area contributed by atoms with E-state index in [1.807, 2.05) is 6.07 Å². The van der Waals surface area contributed by atoms with Gasteiger partial charge in [-0.3, -0.25) is 0 Å². The first-order valence-corrected chi connectivity index (χ1v) is 4.73. The van der Waals surface area contributed by atoms with Crippen LogP contribution in [0, 0.1) is 0 Å². The zero-order valence-corrected chi connectivity index (χ0v) is 7.40. The van der Waals surface area contributed by atoms with Crippen molar-refractivity contribution in [3.8, 4) is 0 Å². The highest BCUT2D eigenvalue weighted by Gasteiger charge is 2.59. The summed E-state index contributed by atoms with van der Waals surface area (Å²) in [5.74, 6) is 0. The molecule has 0 saturated carbocycles. The maximum absolute atomic E-state index is 5.73.